The molecule has 2 heteroatoms. The predicted molar refractivity (Wildman–Crippen MR) is 163 cm³/mol. The van der Waals surface area contributed by atoms with Crippen LogP contribution in [-0.2, 0) is 45.1 Å². The summed E-state index contributed by atoms with van der Waals surface area (Å²) >= 11 is 0. The van der Waals surface area contributed by atoms with Crippen molar-refractivity contribution in [2.24, 2.45) is 0 Å². The smallest absolute Gasteiger partial charge is 0.0991 e. The lowest BCUT2D eigenvalue weighted by atomic mass is 9.87. The molecule has 0 fully saturated rings. The number of hydrogen-bond acceptors (Lipinski definition) is 2. The molecular formula is C37H38N2. The summed E-state index contributed by atoms with van der Waals surface area (Å²) in [5.41, 5.74) is 16.0. The molecule has 1 aliphatic rings. The van der Waals surface area contributed by atoms with Gasteiger partial charge in [-0.15, -0.1) is 0 Å². The summed E-state index contributed by atoms with van der Waals surface area (Å²) in [7, 11) is 0. The number of hydrogen-bond donors (Lipinski definition) is 1. The number of aryl methyl sites for hydroxylation is 4. The monoisotopic (exact) mass is 510 g/mol. The van der Waals surface area contributed by atoms with Crippen molar-refractivity contribution < 1.29 is 0 Å². The summed E-state index contributed by atoms with van der Waals surface area (Å²) in [6.45, 7) is 9.23. The SMILES string of the molecule is C=C(C)NCc1c(CCc2cccc(C#N)c2)cc(CCc2cccc(-c3ccccc3)c2C)c2c1CCC2. The van der Waals surface area contributed by atoms with Crippen LogP contribution in [0.15, 0.2) is 91.1 Å². The predicted octanol–water partition coefficient (Wildman–Crippen LogP) is 8.22. The first kappa shape index (κ1) is 26.5. The average Bonchev–Trinajstić information content (AvgIpc) is 3.45. The van der Waals surface area contributed by atoms with Gasteiger partial charge < -0.3 is 5.32 Å². The van der Waals surface area contributed by atoms with Crippen LogP contribution in [0, 0.1) is 18.3 Å². The molecule has 0 heterocycles. The molecule has 5 rings (SSSR count). The van der Waals surface area contributed by atoms with Crippen molar-refractivity contribution in [3.63, 3.8) is 0 Å². The molecule has 1 aliphatic carbocycles. The van der Waals surface area contributed by atoms with E-state index in [1.807, 2.05) is 25.1 Å². The molecule has 2 nitrogen and oxygen atoms in total. The van der Waals surface area contributed by atoms with E-state index >= 15 is 0 Å². The number of nitriles is 1. The highest BCUT2D eigenvalue weighted by atomic mass is 14.9. The maximum absolute atomic E-state index is 9.34. The van der Waals surface area contributed by atoms with Gasteiger partial charge in [-0.05, 0) is 127 Å². The minimum atomic E-state index is 0.736. The van der Waals surface area contributed by atoms with Crippen molar-refractivity contribution in [2.75, 3.05) is 0 Å². The van der Waals surface area contributed by atoms with Crippen molar-refractivity contribution >= 4 is 0 Å². The zero-order valence-electron chi connectivity index (χ0n) is 23.3. The molecule has 196 valence electrons. The van der Waals surface area contributed by atoms with Gasteiger partial charge in [0.1, 0.15) is 0 Å². The van der Waals surface area contributed by atoms with E-state index in [1.54, 1.807) is 11.1 Å². The lowest BCUT2D eigenvalue weighted by Gasteiger charge is -2.20. The summed E-state index contributed by atoms with van der Waals surface area (Å²) in [5, 5.41) is 12.9. The molecule has 1 N–H and O–H groups in total. The molecule has 4 aromatic carbocycles. The van der Waals surface area contributed by atoms with Gasteiger partial charge in [-0.3, -0.25) is 0 Å². The summed E-state index contributed by atoms with van der Waals surface area (Å²) in [6, 6.07) is 30.3. The summed E-state index contributed by atoms with van der Waals surface area (Å²) in [4.78, 5) is 0. The van der Waals surface area contributed by atoms with Crippen LogP contribution in [0.1, 0.15) is 63.4 Å². The van der Waals surface area contributed by atoms with E-state index in [4.69, 9.17) is 0 Å². The van der Waals surface area contributed by atoms with Gasteiger partial charge in [0.2, 0.25) is 0 Å². The Morgan fingerprint density at radius 2 is 1.56 bits per heavy atom. The molecule has 0 spiro atoms. The first-order valence-electron chi connectivity index (χ1n) is 14.2. The lowest BCUT2D eigenvalue weighted by Crippen LogP contribution is -2.15. The van der Waals surface area contributed by atoms with Crippen LogP contribution in [0.3, 0.4) is 0 Å². The van der Waals surface area contributed by atoms with Crippen molar-refractivity contribution in [3.8, 4) is 17.2 Å². The molecule has 0 atom stereocenters. The first-order chi connectivity index (χ1) is 19.0. The third kappa shape index (κ3) is 6.15. The van der Waals surface area contributed by atoms with E-state index in [0.29, 0.717) is 0 Å². The standard InChI is InChI=1S/C37H38N2/c1-26(2)39-25-37-33(19-18-28-10-7-11-29(22-28)24-38)23-32(35-16-9-17-36(35)37)21-20-30-14-8-15-34(27(30)3)31-12-5-4-6-13-31/h4-8,10-15,22-23,39H,1,9,16-21,25H2,2-3H3. The van der Waals surface area contributed by atoms with E-state index in [1.165, 1.54) is 57.3 Å². The summed E-state index contributed by atoms with van der Waals surface area (Å²) < 4.78 is 0. The maximum atomic E-state index is 9.34. The molecule has 0 bridgehead atoms. The quantitative estimate of drug-likeness (QED) is 0.233. The van der Waals surface area contributed by atoms with E-state index in [9.17, 15) is 5.26 Å². The number of nitrogens with zero attached hydrogens (tertiary/aromatic N) is 1. The van der Waals surface area contributed by atoms with E-state index in [2.05, 4.69) is 85.6 Å². The summed E-state index contributed by atoms with van der Waals surface area (Å²) in [5.74, 6) is 0. The Morgan fingerprint density at radius 1 is 0.821 bits per heavy atom. The number of nitrogens with one attached hydrogen (secondary N) is 1. The van der Waals surface area contributed by atoms with Crippen LogP contribution in [0.25, 0.3) is 11.1 Å². The van der Waals surface area contributed by atoms with Gasteiger partial charge in [-0.1, -0.05) is 73.3 Å². The van der Waals surface area contributed by atoms with Crippen LogP contribution < -0.4 is 5.32 Å². The zero-order valence-corrected chi connectivity index (χ0v) is 23.3. The molecule has 0 amide bonds. The Morgan fingerprint density at radius 3 is 2.36 bits per heavy atom. The highest BCUT2D eigenvalue weighted by Gasteiger charge is 2.22. The van der Waals surface area contributed by atoms with Crippen LogP contribution in [0.4, 0.5) is 0 Å². The molecule has 0 radical (unpaired) electrons. The number of fused-ring (bicyclic) bond motifs is 1. The Labute approximate surface area is 234 Å². The fourth-order valence-electron chi connectivity index (χ4n) is 6.14. The second-order valence-electron chi connectivity index (χ2n) is 10.9. The zero-order chi connectivity index (χ0) is 27.2. The molecule has 0 aliphatic heterocycles. The normalized spacial score (nSPS) is 12.1. The van der Waals surface area contributed by atoms with Gasteiger partial charge >= 0.3 is 0 Å². The topological polar surface area (TPSA) is 35.8 Å². The van der Waals surface area contributed by atoms with Crippen molar-refractivity contribution in [1.82, 2.24) is 5.32 Å². The lowest BCUT2D eigenvalue weighted by molar-refractivity contribution is 0.782. The molecule has 39 heavy (non-hydrogen) atoms. The molecule has 0 aromatic heterocycles. The Bertz CT molecular complexity index is 1520. The minimum absolute atomic E-state index is 0.736. The molecule has 0 unspecified atom stereocenters. The third-order valence-corrected chi connectivity index (χ3v) is 8.21. The highest BCUT2D eigenvalue weighted by molar-refractivity contribution is 5.68. The molecule has 0 saturated heterocycles. The maximum Gasteiger partial charge on any atom is 0.0991 e. The number of allylic oxidation sites excluding steroid dienone is 1. The van der Waals surface area contributed by atoms with Gasteiger partial charge in [-0.25, -0.2) is 0 Å². The largest absolute Gasteiger partial charge is 0.385 e. The van der Waals surface area contributed by atoms with Crippen LogP contribution >= 0.6 is 0 Å². The van der Waals surface area contributed by atoms with Gasteiger partial charge in [0, 0.05) is 12.2 Å². The third-order valence-electron chi connectivity index (χ3n) is 8.21. The van der Waals surface area contributed by atoms with E-state index in [-0.39, 0.29) is 0 Å². The average molecular weight is 511 g/mol. The van der Waals surface area contributed by atoms with Crippen molar-refractivity contribution in [1.29, 1.82) is 5.26 Å². The number of rotatable bonds is 10. The van der Waals surface area contributed by atoms with Crippen LogP contribution in [-0.4, -0.2) is 0 Å². The second kappa shape index (κ2) is 12.2. The van der Waals surface area contributed by atoms with E-state index in [0.717, 1.165) is 49.9 Å². The fourth-order valence-corrected chi connectivity index (χ4v) is 6.14. The van der Waals surface area contributed by atoms with E-state index < -0.39 is 0 Å². The Balaban J connectivity index is 1.44. The Hall–Kier alpha value is -4.09. The van der Waals surface area contributed by atoms with Gasteiger partial charge in [0.15, 0.2) is 0 Å². The van der Waals surface area contributed by atoms with Crippen molar-refractivity contribution in [2.45, 2.75) is 65.3 Å². The fraction of sp³-hybridized carbons (Fsp3) is 0.270. The van der Waals surface area contributed by atoms with Crippen molar-refractivity contribution in [3.05, 3.63) is 141 Å². The minimum Gasteiger partial charge on any atom is -0.385 e. The first-order valence-corrected chi connectivity index (χ1v) is 14.2. The summed E-state index contributed by atoms with van der Waals surface area (Å²) in [6.07, 6.45) is 7.60. The molecule has 0 saturated carbocycles. The van der Waals surface area contributed by atoms with Crippen LogP contribution in [0.5, 0.6) is 0 Å². The molecular weight excluding hydrogens is 472 g/mol. The molecule has 4 aromatic rings. The van der Waals surface area contributed by atoms with Crippen LogP contribution in [0.2, 0.25) is 0 Å². The highest BCUT2D eigenvalue weighted by Crippen LogP contribution is 2.34. The van der Waals surface area contributed by atoms with Gasteiger partial charge in [0.25, 0.3) is 0 Å². The van der Waals surface area contributed by atoms with Gasteiger partial charge in [0.05, 0.1) is 11.6 Å². The second-order valence-corrected chi connectivity index (χ2v) is 10.9. The number of benzene rings is 4. The van der Waals surface area contributed by atoms with Gasteiger partial charge in [-0.2, -0.15) is 5.26 Å². The Kier molecular flexibility index (Phi) is 8.28.